The molecule has 2 aliphatic rings. The zero-order valence-electron chi connectivity index (χ0n) is 9.93. The van der Waals surface area contributed by atoms with E-state index < -0.39 is 0 Å². The molecule has 1 aliphatic heterocycles. The van der Waals surface area contributed by atoms with Gasteiger partial charge in [0.15, 0.2) is 5.69 Å². The first kappa shape index (κ1) is 10.6. The van der Waals surface area contributed by atoms with Crippen LogP contribution in [0.25, 0.3) is 0 Å². The highest BCUT2D eigenvalue weighted by Gasteiger charge is 2.36. The first-order valence-electron chi connectivity index (χ1n) is 6.11. The van der Waals surface area contributed by atoms with Gasteiger partial charge in [-0.15, -0.1) is 0 Å². The van der Waals surface area contributed by atoms with Crippen LogP contribution >= 0.6 is 0 Å². The minimum Gasteiger partial charge on any atom is -0.361 e. The van der Waals surface area contributed by atoms with Gasteiger partial charge in [-0.05, 0) is 31.6 Å². The lowest BCUT2D eigenvalue weighted by Gasteiger charge is -2.17. The molecule has 2 unspecified atom stereocenters. The van der Waals surface area contributed by atoms with Crippen LogP contribution in [0.2, 0.25) is 0 Å². The number of amides is 1. The molecule has 3 rings (SSSR count). The van der Waals surface area contributed by atoms with E-state index in [1.165, 1.54) is 0 Å². The van der Waals surface area contributed by atoms with Gasteiger partial charge in [-0.3, -0.25) is 4.79 Å². The van der Waals surface area contributed by atoms with E-state index in [0.717, 1.165) is 25.9 Å². The Bertz CT molecular complexity index is 448. The summed E-state index contributed by atoms with van der Waals surface area (Å²) in [5.74, 6) is 1.97. The molecule has 1 aromatic heterocycles. The standard InChI is InChI=1S/C13H16N2O2/c1-9-6-12(14-17-9)13(16)15-7-10-4-2-3-5-11(10)8-15/h2-3,6,10-11H,4-5,7-8H2,1H3. The summed E-state index contributed by atoms with van der Waals surface area (Å²) < 4.78 is 4.95. The highest BCUT2D eigenvalue weighted by Crippen LogP contribution is 2.33. The Morgan fingerprint density at radius 2 is 2.00 bits per heavy atom. The van der Waals surface area contributed by atoms with Crippen molar-refractivity contribution in [2.75, 3.05) is 13.1 Å². The van der Waals surface area contributed by atoms with E-state index in [1.807, 2.05) is 4.90 Å². The van der Waals surface area contributed by atoms with Crippen molar-refractivity contribution >= 4 is 5.91 Å². The van der Waals surface area contributed by atoms with Crippen molar-refractivity contribution in [3.63, 3.8) is 0 Å². The normalized spacial score (nSPS) is 27.2. The molecule has 0 bridgehead atoms. The van der Waals surface area contributed by atoms with Crippen molar-refractivity contribution < 1.29 is 9.32 Å². The summed E-state index contributed by atoms with van der Waals surface area (Å²) in [6.45, 7) is 3.52. The Morgan fingerprint density at radius 1 is 1.35 bits per heavy atom. The summed E-state index contributed by atoms with van der Waals surface area (Å²) in [6, 6.07) is 1.71. The molecule has 2 atom stereocenters. The monoisotopic (exact) mass is 232 g/mol. The van der Waals surface area contributed by atoms with Gasteiger partial charge in [0.2, 0.25) is 0 Å². The van der Waals surface area contributed by atoms with Gasteiger partial charge < -0.3 is 9.42 Å². The molecule has 4 heteroatoms. The molecule has 0 radical (unpaired) electrons. The number of allylic oxidation sites excluding steroid dienone is 2. The Kier molecular flexibility index (Phi) is 2.50. The summed E-state index contributed by atoms with van der Waals surface area (Å²) in [4.78, 5) is 14.1. The van der Waals surface area contributed by atoms with Crippen molar-refractivity contribution in [1.82, 2.24) is 10.1 Å². The van der Waals surface area contributed by atoms with Gasteiger partial charge in [0.1, 0.15) is 5.76 Å². The van der Waals surface area contributed by atoms with Crippen LogP contribution in [0.15, 0.2) is 22.7 Å². The summed E-state index contributed by atoms with van der Waals surface area (Å²) >= 11 is 0. The van der Waals surface area contributed by atoms with Crippen molar-refractivity contribution in [3.8, 4) is 0 Å². The zero-order chi connectivity index (χ0) is 11.8. The second kappa shape index (κ2) is 4.02. The number of aromatic nitrogens is 1. The quantitative estimate of drug-likeness (QED) is 0.696. The second-order valence-electron chi connectivity index (χ2n) is 5.00. The molecule has 0 N–H and O–H groups in total. The number of hydrogen-bond donors (Lipinski definition) is 0. The average Bonchev–Trinajstić information content (AvgIpc) is 2.93. The zero-order valence-corrected chi connectivity index (χ0v) is 9.93. The SMILES string of the molecule is Cc1cc(C(=O)N2CC3CC=CCC3C2)no1. The van der Waals surface area contributed by atoms with Gasteiger partial charge in [-0.25, -0.2) is 0 Å². The van der Waals surface area contributed by atoms with Crippen molar-refractivity contribution in [2.24, 2.45) is 11.8 Å². The van der Waals surface area contributed by atoms with E-state index in [9.17, 15) is 4.79 Å². The van der Waals surface area contributed by atoms with Crippen LogP contribution in [0.1, 0.15) is 29.1 Å². The van der Waals surface area contributed by atoms with Gasteiger partial charge >= 0.3 is 0 Å². The largest absolute Gasteiger partial charge is 0.361 e. The Labute approximate surface area is 100 Å². The Morgan fingerprint density at radius 3 is 2.53 bits per heavy atom. The molecular formula is C13H16N2O2. The molecule has 1 aromatic rings. The van der Waals surface area contributed by atoms with E-state index in [4.69, 9.17) is 4.52 Å². The summed E-state index contributed by atoms with van der Waals surface area (Å²) in [6.07, 6.45) is 6.67. The lowest BCUT2D eigenvalue weighted by molar-refractivity contribution is 0.0774. The first-order chi connectivity index (χ1) is 8.24. The van der Waals surface area contributed by atoms with Crippen LogP contribution in [0.5, 0.6) is 0 Å². The first-order valence-corrected chi connectivity index (χ1v) is 6.11. The van der Waals surface area contributed by atoms with Crippen molar-refractivity contribution in [2.45, 2.75) is 19.8 Å². The third kappa shape index (κ3) is 1.88. The molecule has 1 fully saturated rings. The van der Waals surface area contributed by atoms with Gasteiger partial charge in [-0.2, -0.15) is 0 Å². The number of likely N-dealkylation sites (tertiary alicyclic amines) is 1. The van der Waals surface area contributed by atoms with Gasteiger partial charge in [0, 0.05) is 19.2 Å². The van der Waals surface area contributed by atoms with Gasteiger partial charge in [0.05, 0.1) is 0 Å². The minimum absolute atomic E-state index is 0.0104. The van der Waals surface area contributed by atoms with Crippen LogP contribution in [0, 0.1) is 18.8 Å². The number of nitrogens with zero attached hydrogens (tertiary/aromatic N) is 2. The smallest absolute Gasteiger partial charge is 0.276 e. The number of carbonyl (C=O) groups excluding carboxylic acids is 1. The van der Waals surface area contributed by atoms with E-state index in [-0.39, 0.29) is 5.91 Å². The van der Waals surface area contributed by atoms with Crippen LogP contribution < -0.4 is 0 Å². The Balaban J connectivity index is 1.72. The van der Waals surface area contributed by atoms with E-state index in [1.54, 1.807) is 13.0 Å². The number of rotatable bonds is 1. The molecule has 4 nitrogen and oxygen atoms in total. The molecule has 2 heterocycles. The summed E-state index contributed by atoms with van der Waals surface area (Å²) in [7, 11) is 0. The number of carbonyl (C=O) groups is 1. The lowest BCUT2D eigenvalue weighted by atomic mass is 9.86. The highest BCUT2D eigenvalue weighted by atomic mass is 16.5. The molecule has 1 saturated heterocycles. The average molecular weight is 232 g/mol. The van der Waals surface area contributed by atoms with Gasteiger partial charge in [-0.1, -0.05) is 17.3 Å². The third-order valence-electron chi connectivity index (χ3n) is 3.76. The summed E-state index contributed by atoms with van der Waals surface area (Å²) in [5.41, 5.74) is 0.439. The number of hydrogen-bond acceptors (Lipinski definition) is 3. The molecule has 0 saturated carbocycles. The molecular weight excluding hydrogens is 216 g/mol. The van der Waals surface area contributed by atoms with Crippen LogP contribution in [-0.4, -0.2) is 29.1 Å². The predicted molar refractivity (Wildman–Crippen MR) is 62.5 cm³/mol. The van der Waals surface area contributed by atoms with E-state index in [2.05, 4.69) is 17.3 Å². The van der Waals surface area contributed by atoms with Crippen molar-refractivity contribution in [3.05, 3.63) is 29.7 Å². The molecule has 17 heavy (non-hydrogen) atoms. The minimum atomic E-state index is 0.0104. The molecule has 0 spiro atoms. The molecule has 1 aliphatic carbocycles. The highest BCUT2D eigenvalue weighted by molar-refractivity contribution is 5.92. The fraction of sp³-hybridized carbons (Fsp3) is 0.538. The molecule has 90 valence electrons. The predicted octanol–water partition coefficient (Wildman–Crippen LogP) is 2.02. The topological polar surface area (TPSA) is 46.3 Å². The summed E-state index contributed by atoms with van der Waals surface area (Å²) in [5, 5.41) is 3.80. The van der Waals surface area contributed by atoms with Crippen LogP contribution in [-0.2, 0) is 0 Å². The second-order valence-corrected chi connectivity index (χ2v) is 5.00. The Hall–Kier alpha value is -1.58. The van der Waals surface area contributed by atoms with Crippen molar-refractivity contribution in [1.29, 1.82) is 0 Å². The molecule has 1 amide bonds. The number of fused-ring (bicyclic) bond motifs is 1. The number of aryl methyl sites for hydroxylation is 1. The maximum absolute atomic E-state index is 12.2. The maximum atomic E-state index is 12.2. The third-order valence-corrected chi connectivity index (χ3v) is 3.76. The van der Waals surface area contributed by atoms with E-state index >= 15 is 0 Å². The lowest BCUT2D eigenvalue weighted by Crippen LogP contribution is -2.29. The molecule has 0 aromatic carbocycles. The van der Waals surface area contributed by atoms with Gasteiger partial charge in [0.25, 0.3) is 5.91 Å². The van der Waals surface area contributed by atoms with E-state index in [0.29, 0.717) is 23.3 Å². The maximum Gasteiger partial charge on any atom is 0.276 e. The van der Waals surface area contributed by atoms with Crippen LogP contribution in [0.3, 0.4) is 0 Å². The van der Waals surface area contributed by atoms with Crippen LogP contribution in [0.4, 0.5) is 0 Å². The fourth-order valence-electron chi connectivity index (χ4n) is 2.81. The fourth-order valence-corrected chi connectivity index (χ4v) is 2.81.